The number of thioether (sulfide) groups is 1. The van der Waals surface area contributed by atoms with Gasteiger partial charge >= 0.3 is 5.97 Å². The van der Waals surface area contributed by atoms with Gasteiger partial charge in [0, 0.05) is 21.8 Å². The van der Waals surface area contributed by atoms with Crippen LogP contribution in [0.5, 0.6) is 0 Å². The fourth-order valence-corrected chi connectivity index (χ4v) is 2.30. The van der Waals surface area contributed by atoms with E-state index in [1.54, 1.807) is 0 Å². The van der Waals surface area contributed by atoms with Gasteiger partial charge in [-0.05, 0) is 36.4 Å². The minimum absolute atomic E-state index is 0.0105. The summed E-state index contributed by atoms with van der Waals surface area (Å²) in [6, 6.07) is 8.68. The molecule has 0 bridgehead atoms. The summed E-state index contributed by atoms with van der Waals surface area (Å²) < 4.78 is 29.2. The van der Waals surface area contributed by atoms with E-state index in [1.807, 2.05) is 0 Å². The molecule has 1 N–H and O–H groups in total. The van der Waals surface area contributed by atoms with Crippen LogP contribution in [0.4, 0.5) is 14.5 Å². The van der Waals surface area contributed by atoms with Crippen molar-refractivity contribution in [3.8, 4) is 0 Å². The Morgan fingerprint density at radius 3 is 2.58 bits per heavy atom. The van der Waals surface area contributed by atoms with E-state index in [0.717, 1.165) is 0 Å². The van der Waals surface area contributed by atoms with Crippen LogP contribution in [0.15, 0.2) is 47.5 Å². The van der Waals surface area contributed by atoms with E-state index in [-0.39, 0.29) is 5.69 Å². The molecule has 0 aliphatic rings. The third-order valence-electron chi connectivity index (χ3n) is 2.63. The van der Waals surface area contributed by atoms with Gasteiger partial charge in [-0.15, -0.1) is 0 Å². The van der Waals surface area contributed by atoms with E-state index in [2.05, 4.69) is 10.3 Å². The van der Waals surface area contributed by atoms with Crippen LogP contribution in [0.3, 0.4) is 0 Å². The summed E-state index contributed by atoms with van der Waals surface area (Å²) in [5.74, 6) is -3.86. The monoisotopic (exact) mass is 372 g/mol. The second kappa shape index (κ2) is 8.60. The molecule has 5 nitrogen and oxygen atoms in total. The van der Waals surface area contributed by atoms with Crippen LogP contribution in [0, 0.1) is 0 Å². The molecule has 2 aromatic rings. The Labute approximate surface area is 145 Å². The number of nitrogens with zero attached hydrogens (tertiary/aromatic N) is 1. The number of halogens is 3. The zero-order valence-electron chi connectivity index (χ0n) is 12.0. The topological polar surface area (TPSA) is 68.3 Å². The Balaban J connectivity index is 1.83. The average molecular weight is 373 g/mol. The highest BCUT2D eigenvalue weighted by molar-refractivity contribution is 7.99. The summed E-state index contributed by atoms with van der Waals surface area (Å²) in [4.78, 5) is 27.6. The van der Waals surface area contributed by atoms with Crippen LogP contribution in [0.1, 0.15) is 10.5 Å². The number of carbonyl (C=O) groups excluding carboxylic acids is 2. The van der Waals surface area contributed by atoms with E-state index < -0.39 is 24.2 Å². The van der Waals surface area contributed by atoms with E-state index in [0.29, 0.717) is 27.4 Å². The molecule has 1 aromatic carbocycles. The number of rotatable bonds is 6. The first-order chi connectivity index (χ1) is 11.4. The molecule has 9 heteroatoms. The van der Waals surface area contributed by atoms with Crippen LogP contribution in [0.25, 0.3) is 0 Å². The second-order valence-corrected chi connectivity index (χ2v) is 5.89. The number of nitrogens with one attached hydrogen (secondary N) is 1. The quantitative estimate of drug-likeness (QED) is 0.616. The number of pyridine rings is 1. The van der Waals surface area contributed by atoms with Crippen LogP contribution in [0.2, 0.25) is 5.02 Å². The van der Waals surface area contributed by atoms with Crippen molar-refractivity contribution < 1.29 is 23.1 Å². The van der Waals surface area contributed by atoms with Crippen molar-refractivity contribution in [2.75, 3.05) is 11.9 Å². The van der Waals surface area contributed by atoms with E-state index in [9.17, 15) is 18.4 Å². The molecule has 0 aliphatic carbocycles. The molecule has 1 aromatic heterocycles. The number of carbonyl (C=O) groups is 2. The van der Waals surface area contributed by atoms with Crippen LogP contribution < -0.4 is 5.32 Å². The maximum atomic E-state index is 12.2. The Kier molecular flexibility index (Phi) is 6.51. The van der Waals surface area contributed by atoms with Gasteiger partial charge in [0.1, 0.15) is 5.69 Å². The summed E-state index contributed by atoms with van der Waals surface area (Å²) in [6.45, 7) is -0.513. The fourth-order valence-electron chi connectivity index (χ4n) is 1.64. The molecule has 0 atom stereocenters. The average Bonchev–Trinajstić information content (AvgIpc) is 2.54. The molecule has 0 saturated heterocycles. The van der Waals surface area contributed by atoms with Crippen molar-refractivity contribution in [3.63, 3.8) is 0 Å². The predicted molar refractivity (Wildman–Crippen MR) is 86.5 cm³/mol. The summed E-state index contributed by atoms with van der Waals surface area (Å²) >= 11 is 6.13. The van der Waals surface area contributed by atoms with Gasteiger partial charge in [-0.25, -0.2) is 9.78 Å². The van der Waals surface area contributed by atoms with E-state index in [1.165, 1.54) is 42.6 Å². The number of alkyl halides is 2. The van der Waals surface area contributed by atoms with Gasteiger partial charge in [0.15, 0.2) is 6.61 Å². The van der Waals surface area contributed by atoms with Gasteiger partial charge in [-0.1, -0.05) is 23.4 Å². The molecule has 1 heterocycles. The Bertz CT molecular complexity index is 729. The molecule has 0 radical (unpaired) electrons. The standard InChI is InChI=1S/C15H11ClF2N2O3S/c16-9-5-6-19-12(7-9)14(22)23-8-13(21)20-10-1-3-11(4-2-10)24-15(17)18/h1-7,15H,8H2,(H,20,21). The number of amides is 1. The fraction of sp³-hybridized carbons (Fsp3) is 0.133. The summed E-state index contributed by atoms with van der Waals surface area (Å²) in [5, 5.41) is 2.80. The first kappa shape index (κ1) is 18.2. The van der Waals surface area contributed by atoms with Crippen molar-refractivity contribution in [1.82, 2.24) is 4.98 Å². The van der Waals surface area contributed by atoms with Crippen molar-refractivity contribution in [2.45, 2.75) is 10.7 Å². The summed E-state index contributed by atoms with van der Waals surface area (Å²) in [5.41, 5.74) is 0.388. The summed E-state index contributed by atoms with van der Waals surface area (Å²) in [7, 11) is 0. The number of esters is 1. The minimum atomic E-state index is -2.51. The largest absolute Gasteiger partial charge is 0.451 e. The Morgan fingerprint density at radius 1 is 1.25 bits per heavy atom. The van der Waals surface area contributed by atoms with E-state index in [4.69, 9.17) is 16.3 Å². The SMILES string of the molecule is O=C(COC(=O)c1cc(Cl)ccn1)Nc1ccc(SC(F)F)cc1. The van der Waals surface area contributed by atoms with Crippen LogP contribution in [-0.2, 0) is 9.53 Å². The molecule has 0 spiro atoms. The van der Waals surface area contributed by atoms with Gasteiger partial charge in [0.25, 0.3) is 11.7 Å². The lowest BCUT2D eigenvalue weighted by Crippen LogP contribution is -2.21. The molecule has 0 unspecified atom stereocenters. The Hall–Kier alpha value is -2.19. The first-order valence-corrected chi connectivity index (χ1v) is 7.83. The molecule has 2 rings (SSSR count). The lowest BCUT2D eigenvalue weighted by atomic mass is 10.3. The highest BCUT2D eigenvalue weighted by Crippen LogP contribution is 2.26. The van der Waals surface area contributed by atoms with Crippen molar-refractivity contribution >= 4 is 40.9 Å². The van der Waals surface area contributed by atoms with Gasteiger partial charge in [-0.3, -0.25) is 4.79 Å². The molecular weight excluding hydrogens is 362 g/mol. The summed E-state index contributed by atoms with van der Waals surface area (Å²) in [6.07, 6.45) is 1.35. The first-order valence-electron chi connectivity index (χ1n) is 6.57. The lowest BCUT2D eigenvalue weighted by molar-refractivity contribution is -0.119. The normalized spacial score (nSPS) is 10.5. The highest BCUT2D eigenvalue weighted by Gasteiger charge is 2.12. The molecule has 24 heavy (non-hydrogen) atoms. The Morgan fingerprint density at radius 2 is 1.96 bits per heavy atom. The smallest absolute Gasteiger partial charge is 0.357 e. The van der Waals surface area contributed by atoms with Crippen molar-refractivity contribution in [2.24, 2.45) is 0 Å². The highest BCUT2D eigenvalue weighted by atomic mass is 35.5. The molecule has 0 saturated carbocycles. The zero-order chi connectivity index (χ0) is 17.5. The maximum absolute atomic E-state index is 12.2. The van der Waals surface area contributed by atoms with Gasteiger partial charge < -0.3 is 10.1 Å². The van der Waals surface area contributed by atoms with E-state index >= 15 is 0 Å². The predicted octanol–water partition coefficient (Wildman–Crippen LogP) is 3.85. The maximum Gasteiger partial charge on any atom is 0.357 e. The molecule has 0 fully saturated rings. The number of anilines is 1. The minimum Gasteiger partial charge on any atom is -0.451 e. The van der Waals surface area contributed by atoms with Gasteiger partial charge in [-0.2, -0.15) is 8.78 Å². The zero-order valence-corrected chi connectivity index (χ0v) is 13.6. The van der Waals surface area contributed by atoms with Crippen LogP contribution >= 0.6 is 23.4 Å². The lowest BCUT2D eigenvalue weighted by Gasteiger charge is -2.07. The van der Waals surface area contributed by atoms with Crippen LogP contribution in [-0.4, -0.2) is 29.2 Å². The second-order valence-electron chi connectivity index (χ2n) is 4.39. The molecule has 1 amide bonds. The molecule has 0 aliphatic heterocycles. The number of hydrogen-bond donors (Lipinski definition) is 1. The number of aromatic nitrogens is 1. The van der Waals surface area contributed by atoms with Crippen molar-refractivity contribution in [1.29, 1.82) is 0 Å². The van der Waals surface area contributed by atoms with Crippen molar-refractivity contribution in [3.05, 3.63) is 53.3 Å². The molecular formula is C15H11ClF2N2O3S. The third kappa shape index (κ3) is 5.78. The van der Waals surface area contributed by atoms with Gasteiger partial charge in [0.2, 0.25) is 0 Å². The number of ether oxygens (including phenoxy) is 1. The number of benzene rings is 1. The number of hydrogen-bond acceptors (Lipinski definition) is 5. The molecule has 126 valence electrons. The van der Waals surface area contributed by atoms with Gasteiger partial charge in [0.05, 0.1) is 0 Å². The third-order valence-corrected chi connectivity index (χ3v) is 3.59.